The fraction of sp³-hybridized carbons (Fsp3) is 1.00. The lowest BCUT2D eigenvalue weighted by atomic mass is 11.4. The van der Waals surface area contributed by atoms with Gasteiger partial charge in [-0.15, -0.1) is 0 Å². The van der Waals surface area contributed by atoms with Crippen LogP contribution < -0.4 is 10.6 Å². The van der Waals surface area contributed by atoms with E-state index in [-0.39, 0.29) is 0 Å². The minimum atomic E-state index is 0.514. The van der Waals surface area contributed by atoms with Crippen molar-refractivity contribution < 1.29 is 0 Å². The summed E-state index contributed by atoms with van der Waals surface area (Å²) in [6.07, 6.45) is 0. The second kappa shape index (κ2) is 0.427. The topological polar surface area (TPSA) is 50.9 Å². The first-order valence-electron chi connectivity index (χ1n) is 1.08. The van der Waals surface area contributed by atoms with Crippen LogP contribution >= 0.6 is 0 Å². The van der Waals surface area contributed by atoms with E-state index < -0.39 is 0 Å². The molecule has 0 bridgehead atoms. The third kappa shape index (κ3) is 0.176. The van der Waals surface area contributed by atoms with Gasteiger partial charge in [0.25, 0.3) is 0 Å². The number of hydrogen-bond donors (Lipinski definition) is 1. The second-order valence-electron chi connectivity index (χ2n) is 0.695. The molecule has 1 aliphatic heterocycles. The van der Waals surface area contributed by atoms with Gasteiger partial charge in [0.15, 0.2) is 0 Å². The Morgan fingerprint density at radius 1 is 2.00 bits per heavy atom. The van der Waals surface area contributed by atoms with Gasteiger partial charge in [0.2, 0.25) is 6.67 Å². The maximum absolute atomic E-state index is 9.36. The second-order valence-corrected chi connectivity index (χ2v) is 0.695. The summed E-state index contributed by atoms with van der Waals surface area (Å²) in [6.45, 7) is 0.514. The van der Waals surface area contributed by atoms with Crippen molar-refractivity contribution in [1.82, 2.24) is 10.6 Å². The van der Waals surface area contributed by atoms with Gasteiger partial charge in [-0.3, -0.25) is 0 Å². The Kier molecular flexibility index (Phi) is 0.228. The van der Waals surface area contributed by atoms with Gasteiger partial charge in [-0.05, 0) is 0 Å². The molecule has 0 aromatic carbocycles. The van der Waals surface area contributed by atoms with E-state index in [4.69, 9.17) is 0 Å². The molecule has 0 spiro atoms. The normalized spacial score (nSPS) is 39.8. The molecule has 23 valence electrons. The maximum Gasteiger partial charge on any atom is 0.244 e. The Labute approximate surface area is 23.8 Å². The van der Waals surface area contributed by atoms with Gasteiger partial charge in [-0.1, -0.05) is 10.6 Å². The molecule has 1 fully saturated rings. The third-order valence-corrected chi connectivity index (χ3v) is 0.287. The molecule has 1 saturated heterocycles. The van der Waals surface area contributed by atoms with Gasteiger partial charge in [0.1, 0.15) is 0 Å². The van der Waals surface area contributed by atoms with E-state index in [1.54, 1.807) is 0 Å². The number of hydrogen-bond acceptors (Lipinski definition) is 3. The van der Waals surface area contributed by atoms with Crippen molar-refractivity contribution in [3.63, 3.8) is 0 Å². The Balaban J connectivity index is 2.17. The molecule has 1 N–H and O–H groups in total. The Bertz CT molecular complexity index is 25.2. The molecule has 0 aromatic rings. The molecule has 0 amide bonds. The van der Waals surface area contributed by atoms with Gasteiger partial charge >= 0.3 is 0 Å². The zero-order valence-electron chi connectivity index (χ0n) is 2.06. The van der Waals surface area contributed by atoms with Crippen molar-refractivity contribution in [2.24, 2.45) is 0 Å². The average molecular weight is 59.0 g/mol. The summed E-state index contributed by atoms with van der Waals surface area (Å²) < 4.78 is 0. The van der Waals surface area contributed by atoms with Gasteiger partial charge in [-0.2, -0.15) is 0 Å². The van der Waals surface area contributed by atoms with Crippen molar-refractivity contribution in [3.05, 3.63) is 5.21 Å². The van der Waals surface area contributed by atoms with E-state index in [0.717, 1.165) is 5.17 Å². The Morgan fingerprint density at radius 3 is 2.25 bits per heavy atom. The van der Waals surface area contributed by atoms with Crippen molar-refractivity contribution in [3.8, 4) is 0 Å². The molecule has 1 radical (unpaired) electrons. The first-order valence-corrected chi connectivity index (χ1v) is 1.08. The van der Waals surface area contributed by atoms with Crippen LogP contribution in [0.5, 0.6) is 0 Å². The van der Waals surface area contributed by atoms with Crippen LogP contribution in [0.1, 0.15) is 0 Å². The lowest BCUT2D eigenvalue weighted by Crippen LogP contribution is -1.88. The van der Waals surface area contributed by atoms with E-state index in [1.807, 2.05) is 0 Å². The van der Waals surface area contributed by atoms with E-state index in [0.29, 0.717) is 6.67 Å². The first-order chi connectivity index (χ1) is 1.89. The quantitative estimate of drug-likeness (QED) is 0.223. The minimum absolute atomic E-state index is 0.514. The number of rotatable bonds is 0. The van der Waals surface area contributed by atoms with Gasteiger partial charge in [0.05, 0.1) is 0 Å². The van der Waals surface area contributed by atoms with Crippen molar-refractivity contribution in [2.45, 2.75) is 0 Å². The van der Waals surface area contributed by atoms with Crippen LogP contribution in [0.25, 0.3) is 0 Å². The predicted molar refractivity (Wildman–Crippen MR) is 13.5 cm³/mol. The minimum Gasteiger partial charge on any atom is -0.558 e. The van der Waals surface area contributed by atoms with Crippen molar-refractivity contribution >= 4 is 0 Å². The molecule has 1 atom stereocenters. The molecule has 1 heterocycles. The predicted octanol–water partition coefficient (Wildman–Crippen LogP) is -0.900. The van der Waals surface area contributed by atoms with Crippen LogP contribution in [-0.4, -0.2) is 6.67 Å². The summed E-state index contributed by atoms with van der Waals surface area (Å²) in [5.41, 5.74) is 2.38. The van der Waals surface area contributed by atoms with Gasteiger partial charge in [-0.25, -0.2) is 0 Å². The molecule has 0 aromatic heterocycles. The fourth-order valence-corrected chi connectivity index (χ4v) is 0.0289. The number of nitrogens with zero attached hydrogens (tertiary/aromatic N) is 1. The zero-order chi connectivity index (χ0) is 2.99. The van der Waals surface area contributed by atoms with Crippen molar-refractivity contribution in [1.29, 1.82) is 0 Å². The van der Waals surface area contributed by atoms with Crippen LogP contribution in [0.3, 0.4) is 0 Å². The zero-order valence-corrected chi connectivity index (χ0v) is 2.06. The molecule has 4 heavy (non-hydrogen) atoms. The Hall–Kier alpha value is -0.120. The fourth-order valence-electron chi connectivity index (χ4n) is 0.0289. The summed E-state index contributed by atoms with van der Waals surface area (Å²) >= 11 is 0. The SMILES string of the molecule is [O-][N+]1CN1. The summed E-state index contributed by atoms with van der Waals surface area (Å²) in [6, 6.07) is 0. The van der Waals surface area contributed by atoms with Crippen LogP contribution in [0.2, 0.25) is 0 Å². The first kappa shape index (κ1) is 2.14. The molecule has 1 unspecified atom stereocenters. The number of hydroxylamine groups is 1. The van der Waals surface area contributed by atoms with Crippen LogP contribution in [0.15, 0.2) is 0 Å². The number of hydrazine groups is 1. The van der Waals surface area contributed by atoms with E-state index >= 15 is 0 Å². The van der Waals surface area contributed by atoms with E-state index in [1.165, 1.54) is 0 Å². The third-order valence-electron chi connectivity index (χ3n) is 0.287. The molecular formula is CH3N2O. The molecular weight excluding hydrogens is 56.0 g/mol. The molecule has 1 aliphatic rings. The Morgan fingerprint density at radius 2 is 2.25 bits per heavy atom. The van der Waals surface area contributed by atoms with Gasteiger partial charge in [0, 0.05) is 0 Å². The van der Waals surface area contributed by atoms with Crippen molar-refractivity contribution in [2.75, 3.05) is 6.67 Å². The van der Waals surface area contributed by atoms with Gasteiger partial charge < -0.3 is 5.21 Å². The van der Waals surface area contributed by atoms with Crippen LogP contribution in [0, 0.1) is 5.21 Å². The summed E-state index contributed by atoms with van der Waals surface area (Å²) in [5, 5.41) is 10.1. The highest BCUT2D eigenvalue weighted by Crippen LogP contribution is 1.76. The molecule has 0 aliphatic carbocycles. The maximum atomic E-state index is 9.36. The highest BCUT2D eigenvalue weighted by molar-refractivity contribution is 4.65. The molecule has 0 saturated carbocycles. The molecule has 3 heteroatoms. The van der Waals surface area contributed by atoms with Crippen LogP contribution in [0.4, 0.5) is 0 Å². The van der Waals surface area contributed by atoms with E-state index in [9.17, 15) is 5.21 Å². The standard InChI is InChI=1S/CH3N2O/c4-3-1-2-3/h2H,1H2. The molecule has 3 nitrogen and oxygen atoms in total. The monoisotopic (exact) mass is 59.0 g/mol. The van der Waals surface area contributed by atoms with Crippen LogP contribution in [-0.2, 0) is 0 Å². The lowest BCUT2D eigenvalue weighted by Gasteiger charge is -1.69. The largest absolute Gasteiger partial charge is 0.558 e. The molecule has 1 rings (SSSR count). The summed E-state index contributed by atoms with van der Waals surface area (Å²) in [4.78, 5) is 0. The number of nitrogens with one attached hydrogen (secondary N) is 1. The highest BCUT2D eigenvalue weighted by atomic mass is 16.6. The van der Waals surface area contributed by atoms with E-state index in [2.05, 4.69) is 5.43 Å². The lowest BCUT2D eigenvalue weighted by molar-refractivity contribution is 0.900. The summed E-state index contributed by atoms with van der Waals surface area (Å²) in [5.74, 6) is 0. The smallest absolute Gasteiger partial charge is 0.244 e. The highest BCUT2D eigenvalue weighted by Gasteiger charge is 2.17. The summed E-state index contributed by atoms with van der Waals surface area (Å²) in [7, 11) is 0. The average Bonchev–Trinajstić information content (AvgIpc) is 1.75.